The molecule has 1 aromatic rings. The first-order valence-electron chi connectivity index (χ1n) is 8.46. The Labute approximate surface area is 141 Å². The maximum Gasteiger partial charge on any atom is 0.321 e. The Hall–Kier alpha value is -2.37. The highest BCUT2D eigenvalue weighted by Gasteiger charge is 2.37. The first kappa shape index (κ1) is 16.5. The minimum Gasteiger partial charge on any atom is -0.324 e. The van der Waals surface area contributed by atoms with Gasteiger partial charge in [0, 0.05) is 24.8 Å². The molecule has 24 heavy (non-hydrogen) atoms. The number of anilines is 1. The number of carbonyl (C=O) groups excluding carboxylic acids is 3. The fourth-order valence-electron chi connectivity index (χ4n) is 3.38. The molecule has 128 valence electrons. The van der Waals surface area contributed by atoms with Crippen molar-refractivity contribution in [3.8, 4) is 0 Å². The van der Waals surface area contributed by atoms with Crippen molar-refractivity contribution in [2.45, 2.75) is 39.7 Å². The summed E-state index contributed by atoms with van der Waals surface area (Å²) in [5, 5.41) is 2.85. The van der Waals surface area contributed by atoms with E-state index < -0.39 is 0 Å². The molecule has 0 radical (unpaired) electrons. The molecule has 2 aliphatic heterocycles. The van der Waals surface area contributed by atoms with Crippen LogP contribution in [0, 0.1) is 5.92 Å². The summed E-state index contributed by atoms with van der Waals surface area (Å²) < 4.78 is 0. The lowest BCUT2D eigenvalue weighted by Gasteiger charge is -2.30. The zero-order valence-electron chi connectivity index (χ0n) is 14.3. The number of benzene rings is 1. The van der Waals surface area contributed by atoms with Gasteiger partial charge in [-0.05, 0) is 50.8 Å². The molecule has 0 aliphatic carbocycles. The van der Waals surface area contributed by atoms with Crippen molar-refractivity contribution >= 4 is 23.5 Å². The minimum absolute atomic E-state index is 0.154. The van der Waals surface area contributed by atoms with Crippen molar-refractivity contribution < 1.29 is 14.4 Å². The van der Waals surface area contributed by atoms with Crippen molar-refractivity contribution in [1.29, 1.82) is 0 Å². The molecule has 0 spiro atoms. The highest BCUT2D eigenvalue weighted by atomic mass is 16.2. The maximum absolute atomic E-state index is 12.4. The van der Waals surface area contributed by atoms with Crippen molar-refractivity contribution in [3.05, 3.63) is 29.3 Å². The van der Waals surface area contributed by atoms with E-state index >= 15 is 0 Å². The Kier molecular flexibility index (Phi) is 4.30. The van der Waals surface area contributed by atoms with Gasteiger partial charge in [-0.15, -0.1) is 0 Å². The average Bonchev–Trinajstić information content (AvgIpc) is 2.78. The lowest BCUT2D eigenvalue weighted by molar-refractivity contribution is 0.0609. The largest absolute Gasteiger partial charge is 0.324 e. The Morgan fingerprint density at radius 1 is 1.21 bits per heavy atom. The second-order valence-electron chi connectivity index (χ2n) is 6.96. The van der Waals surface area contributed by atoms with Gasteiger partial charge in [-0.1, -0.05) is 6.92 Å². The lowest BCUT2D eigenvalue weighted by Crippen LogP contribution is -2.41. The number of nitrogens with one attached hydrogen (secondary N) is 1. The first-order valence-corrected chi connectivity index (χ1v) is 8.46. The van der Waals surface area contributed by atoms with Crippen LogP contribution >= 0.6 is 0 Å². The molecule has 1 aromatic carbocycles. The monoisotopic (exact) mass is 329 g/mol. The van der Waals surface area contributed by atoms with E-state index in [2.05, 4.69) is 12.2 Å². The van der Waals surface area contributed by atoms with Crippen LogP contribution in [0.2, 0.25) is 0 Å². The molecular formula is C18H23N3O3. The Morgan fingerprint density at radius 2 is 1.92 bits per heavy atom. The van der Waals surface area contributed by atoms with Gasteiger partial charge in [-0.3, -0.25) is 14.5 Å². The summed E-state index contributed by atoms with van der Waals surface area (Å²) in [5.41, 5.74) is 1.31. The minimum atomic E-state index is -0.298. The predicted octanol–water partition coefficient (Wildman–Crippen LogP) is 2.95. The third kappa shape index (κ3) is 2.88. The molecular weight excluding hydrogens is 306 g/mol. The molecule has 3 rings (SSSR count). The van der Waals surface area contributed by atoms with Gasteiger partial charge in [-0.2, -0.15) is 0 Å². The van der Waals surface area contributed by atoms with Gasteiger partial charge >= 0.3 is 6.03 Å². The third-order valence-electron chi connectivity index (χ3n) is 4.63. The van der Waals surface area contributed by atoms with Crippen LogP contribution in [0.1, 0.15) is 54.3 Å². The zero-order chi connectivity index (χ0) is 17.4. The molecule has 2 aliphatic rings. The van der Waals surface area contributed by atoms with Gasteiger partial charge in [0.2, 0.25) is 0 Å². The summed E-state index contributed by atoms with van der Waals surface area (Å²) in [6.45, 7) is 7.25. The quantitative estimate of drug-likeness (QED) is 0.848. The predicted molar refractivity (Wildman–Crippen MR) is 91.1 cm³/mol. The second-order valence-corrected chi connectivity index (χ2v) is 6.96. The van der Waals surface area contributed by atoms with Crippen LogP contribution < -0.4 is 5.32 Å². The van der Waals surface area contributed by atoms with E-state index in [1.807, 2.05) is 13.8 Å². The fourth-order valence-corrected chi connectivity index (χ4v) is 3.38. The number of carbonyl (C=O) groups is 3. The summed E-state index contributed by atoms with van der Waals surface area (Å²) in [5.74, 6) is -0.0660. The Morgan fingerprint density at radius 3 is 2.58 bits per heavy atom. The fraction of sp³-hybridized carbons (Fsp3) is 0.500. The molecule has 6 heteroatoms. The molecule has 0 aromatic heterocycles. The van der Waals surface area contributed by atoms with E-state index in [1.54, 1.807) is 23.1 Å². The van der Waals surface area contributed by atoms with E-state index in [0.29, 0.717) is 22.7 Å². The molecule has 1 atom stereocenters. The number of nitrogens with zero attached hydrogens (tertiary/aromatic N) is 2. The molecule has 0 bridgehead atoms. The highest BCUT2D eigenvalue weighted by molar-refractivity contribution is 6.22. The van der Waals surface area contributed by atoms with Gasteiger partial charge < -0.3 is 10.2 Å². The molecule has 1 N–H and O–H groups in total. The molecule has 2 heterocycles. The summed E-state index contributed by atoms with van der Waals surface area (Å²) >= 11 is 0. The molecule has 1 fully saturated rings. The van der Waals surface area contributed by atoms with Gasteiger partial charge in [-0.25, -0.2) is 4.79 Å². The number of fused-ring (bicyclic) bond motifs is 1. The van der Waals surface area contributed by atoms with Crippen LogP contribution in [0.4, 0.5) is 10.5 Å². The number of imide groups is 1. The van der Waals surface area contributed by atoms with Crippen LogP contribution in [0.15, 0.2) is 18.2 Å². The van der Waals surface area contributed by atoms with Gasteiger partial charge in [0.25, 0.3) is 11.8 Å². The molecule has 4 amide bonds. The zero-order valence-corrected chi connectivity index (χ0v) is 14.3. The van der Waals surface area contributed by atoms with Crippen LogP contribution in [-0.4, -0.2) is 46.8 Å². The van der Waals surface area contributed by atoms with Crippen LogP contribution in [-0.2, 0) is 0 Å². The molecule has 0 saturated carbocycles. The summed E-state index contributed by atoms with van der Waals surface area (Å²) in [7, 11) is 0. The number of piperidine rings is 1. The van der Waals surface area contributed by atoms with Crippen molar-refractivity contribution in [3.63, 3.8) is 0 Å². The first-order chi connectivity index (χ1) is 11.4. The van der Waals surface area contributed by atoms with E-state index in [-0.39, 0.29) is 23.9 Å². The van der Waals surface area contributed by atoms with E-state index in [9.17, 15) is 14.4 Å². The number of hydrogen-bond donors (Lipinski definition) is 1. The van der Waals surface area contributed by atoms with Crippen LogP contribution in [0.5, 0.6) is 0 Å². The van der Waals surface area contributed by atoms with Gasteiger partial charge in [0.15, 0.2) is 0 Å². The SMILES string of the molecule is CC1CCCN(C(=O)Nc2ccc3c(c2)C(=O)N(C(C)C)C3=O)C1. The second kappa shape index (κ2) is 6.26. The number of likely N-dealkylation sites (tertiary alicyclic amines) is 1. The summed E-state index contributed by atoms with van der Waals surface area (Å²) in [4.78, 5) is 40.1. The van der Waals surface area contributed by atoms with Crippen molar-refractivity contribution in [2.75, 3.05) is 18.4 Å². The lowest BCUT2D eigenvalue weighted by atomic mass is 10.0. The van der Waals surface area contributed by atoms with Crippen LogP contribution in [0.3, 0.4) is 0 Å². The van der Waals surface area contributed by atoms with E-state index in [1.165, 1.54) is 4.90 Å². The number of rotatable bonds is 2. The molecule has 1 saturated heterocycles. The van der Waals surface area contributed by atoms with Gasteiger partial charge in [0.1, 0.15) is 0 Å². The third-order valence-corrected chi connectivity index (χ3v) is 4.63. The van der Waals surface area contributed by atoms with Gasteiger partial charge in [0.05, 0.1) is 11.1 Å². The van der Waals surface area contributed by atoms with Crippen molar-refractivity contribution in [1.82, 2.24) is 9.80 Å². The average molecular weight is 329 g/mol. The molecule has 1 unspecified atom stereocenters. The van der Waals surface area contributed by atoms with E-state index in [0.717, 1.165) is 25.9 Å². The Balaban J connectivity index is 1.77. The number of amides is 4. The van der Waals surface area contributed by atoms with E-state index in [4.69, 9.17) is 0 Å². The maximum atomic E-state index is 12.4. The van der Waals surface area contributed by atoms with Crippen LogP contribution in [0.25, 0.3) is 0 Å². The smallest absolute Gasteiger partial charge is 0.321 e. The van der Waals surface area contributed by atoms with Crippen molar-refractivity contribution in [2.24, 2.45) is 5.92 Å². The molecule has 6 nitrogen and oxygen atoms in total. The summed E-state index contributed by atoms with van der Waals surface area (Å²) in [6, 6.07) is 4.55. The number of hydrogen-bond acceptors (Lipinski definition) is 3. The topological polar surface area (TPSA) is 69.7 Å². The normalized spacial score (nSPS) is 20.6. The summed E-state index contributed by atoms with van der Waals surface area (Å²) in [6.07, 6.45) is 2.15. The number of urea groups is 1. The standard InChI is InChI=1S/C18H23N3O3/c1-11(2)21-16(22)14-7-6-13(9-15(14)17(21)23)19-18(24)20-8-4-5-12(3)10-20/h6-7,9,11-12H,4-5,8,10H2,1-3H3,(H,19,24). The highest BCUT2D eigenvalue weighted by Crippen LogP contribution is 2.27. The Bertz CT molecular complexity index is 699.